The number of benzene rings is 1. The van der Waals surface area contributed by atoms with Gasteiger partial charge in [-0.1, -0.05) is 30.3 Å². The normalized spacial score (nSPS) is 18.9. The first-order valence-corrected chi connectivity index (χ1v) is 11.3. The highest BCUT2D eigenvalue weighted by atomic mass is 16.5. The Balaban J connectivity index is 1.56. The monoisotopic (exact) mass is 446 g/mol. The minimum atomic E-state index is -0.153. The highest BCUT2D eigenvalue weighted by Gasteiger charge is 2.30. The molecule has 0 bridgehead atoms. The van der Waals surface area contributed by atoms with E-state index in [2.05, 4.69) is 20.3 Å². The number of carbonyl (C=O) groups excluding carboxylic acids is 1. The first kappa shape index (κ1) is 22.7. The molecule has 1 aliphatic carbocycles. The predicted octanol–water partition coefficient (Wildman–Crippen LogP) is 4.09. The summed E-state index contributed by atoms with van der Waals surface area (Å²) in [5.41, 5.74) is 8.86. The maximum atomic E-state index is 13.4. The number of methoxy groups -OCH3 is 1. The summed E-state index contributed by atoms with van der Waals surface area (Å²) in [5.74, 6) is 0.617. The number of rotatable bonds is 6. The summed E-state index contributed by atoms with van der Waals surface area (Å²) in [7, 11) is 1.53. The number of amides is 2. The Bertz CT molecular complexity index is 1030. The smallest absolute Gasteiger partial charge is 0.323 e. The van der Waals surface area contributed by atoms with Gasteiger partial charge < -0.3 is 15.8 Å². The molecule has 8 heteroatoms. The molecule has 8 nitrogen and oxygen atoms in total. The van der Waals surface area contributed by atoms with Gasteiger partial charge in [0.1, 0.15) is 5.82 Å². The zero-order valence-corrected chi connectivity index (χ0v) is 19.0. The van der Waals surface area contributed by atoms with Crippen LogP contribution in [0.3, 0.4) is 0 Å². The van der Waals surface area contributed by atoms with E-state index in [4.69, 9.17) is 10.5 Å². The van der Waals surface area contributed by atoms with Crippen molar-refractivity contribution in [3.05, 3.63) is 66.6 Å². The van der Waals surface area contributed by atoms with Crippen LogP contribution in [-0.4, -0.2) is 40.2 Å². The standard InChI is InChI=1S/C25H30N6O2/c1-17(18-6-4-3-5-7-18)30-25(32)31(22-11-9-21(26)10-12-22)23-13-8-19(14-27-23)20-15-28-24(33-2)29-16-20/h3-8,13-17,21-22H,9-12,26H2,1-2H3,(H,30,32)/t17-,21-,22-/m1/s1. The van der Waals surface area contributed by atoms with Crippen molar-refractivity contribution in [2.24, 2.45) is 5.73 Å². The summed E-state index contributed by atoms with van der Waals surface area (Å²) in [5, 5.41) is 3.14. The molecule has 0 unspecified atom stereocenters. The van der Waals surface area contributed by atoms with E-state index in [0.29, 0.717) is 11.8 Å². The number of hydrogen-bond donors (Lipinski definition) is 2. The average molecular weight is 447 g/mol. The number of aromatic nitrogens is 3. The lowest BCUT2D eigenvalue weighted by molar-refractivity contribution is 0.237. The van der Waals surface area contributed by atoms with Crippen LogP contribution in [0.15, 0.2) is 61.1 Å². The maximum Gasteiger partial charge on any atom is 0.323 e. The molecule has 0 spiro atoms. The number of urea groups is 1. The first-order valence-electron chi connectivity index (χ1n) is 11.3. The fourth-order valence-corrected chi connectivity index (χ4v) is 4.17. The lowest BCUT2D eigenvalue weighted by Crippen LogP contribution is -2.49. The minimum absolute atomic E-state index is 0.0513. The number of anilines is 1. The summed E-state index contributed by atoms with van der Waals surface area (Å²) in [4.78, 5) is 28.2. The van der Waals surface area contributed by atoms with E-state index in [-0.39, 0.29) is 24.2 Å². The molecule has 1 atom stereocenters. The van der Waals surface area contributed by atoms with Crippen LogP contribution in [-0.2, 0) is 0 Å². The molecule has 172 valence electrons. The highest BCUT2D eigenvalue weighted by Crippen LogP contribution is 2.28. The van der Waals surface area contributed by atoms with Gasteiger partial charge in [0.05, 0.1) is 13.2 Å². The molecule has 33 heavy (non-hydrogen) atoms. The lowest BCUT2D eigenvalue weighted by Gasteiger charge is -2.36. The van der Waals surface area contributed by atoms with Crippen LogP contribution in [0.25, 0.3) is 11.1 Å². The summed E-state index contributed by atoms with van der Waals surface area (Å²) in [6.45, 7) is 1.99. The van der Waals surface area contributed by atoms with Gasteiger partial charge in [-0.05, 0) is 50.3 Å². The number of pyridine rings is 1. The predicted molar refractivity (Wildman–Crippen MR) is 128 cm³/mol. The van der Waals surface area contributed by atoms with Gasteiger partial charge in [-0.3, -0.25) is 4.90 Å². The van der Waals surface area contributed by atoms with Crippen molar-refractivity contribution < 1.29 is 9.53 Å². The number of nitrogens with two attached hydrogens (primary N) is 1. The Labute approximate surface area is 194 Å². The Hall–Kier alpha value is -3.52. The fourth-order valence-electron chi connectivity index (χ4n) is 4.17. The van der Waals surface area contributed by atoms with Crippen molar-refractivity contribution in [2.75, 3.05) is 12.0 Å². The van der Waals surface area contributed by atoms with E-state index in [9.17, 15) is 4.79 Å². The van der Waals surface area contributed by atoms with Crippen LogP contribution in [0.5, 0.6) is 6.01 Å². The van der Waals surface area contributed by atoms with Gasteiger partial charge in [-0.2, -0.15) is 0 Å². The third-order valence-electron chi connectivity index (χ3n) is 6.10. The van der Waals surface area contributed by atoms with E-state index in [1.165, 1.54) is 7.11 Å². The molecular formula is C25H30N6O2. The van der Waals surface area contributed by atoms with Crippen molar-refractivity contribution in [3.63, 3.8) is 0 Å². The molecule has 1 aromatic carbocycles. The van der Waals surface area contributed by atoms with Gasteiger partial charge >= 0.3 is 12.0 Å². The molecule has 0 saturated heterocycles. The highest BCUT2D eigenvalue weighted by molar-refractivity contribution is 5.92. The fraction of sp³-hybridized carbons (Fsp3) is 0.360. The largest absolute Gasteiger partial charge is 0.467 e. The molecule has 1 aliphatic rings. The molecule has 2 aromatic heterocycles. The van der Waals surface area contributed by atoms with Gasteiger partial charge in [0.15, 0.2) is 0 Å². The second-order valence-electron chi connectivity index (χ2n) is 8.38. The molecule has 4 rings (SSSR count). The van der Waals surface area contributed by atoms with Crippen molar-refractivity contribution >= 4 is 11.8 Å². The van der Waals surface area contributed by atoms with Crippen molar-refractivity contribution in [3.8, 4) is 17.1 Å². The molecular weight excluding hydrogens is 416 g/mol. The van der Waals surface area contributed by atoms with Crippen molar-refractivity contribution in [1.82, 2.24) is 20.3 Å². The van der Waals surface area contributed by atoms with E-state index >= 15 is 0 Å². The molecule has 2 heterocycles. The number of nitrogens with zero attached hydrogens (tertiary/aromatic N) is 4. The minimum Gasteiger partial charge on any atom is -0.467 e. The molecule has 0 aliphatic heterocycles. The second-order valence-corrected chi connectivity index (χ2v) is 8.38. The molecule has 2 amide bonds. The Morgan fingerprint density at radius 1 is 1.00 bits per heavy atom. The van der Waals surface area contributed by atoms with Gasteiger partial charge in [-0.25, -0.2) is 19.7 Å². The molecule has 0 radical (unpaired) electrons. The Kier molecular flexibility index (Phi) is 7.14. The van der Waals surface area contributed by atoms with Crippen LogP contribution >= 0.6 is 0 Å². The average Bonchev–Trinajstić information content (AvgIpc) is 2.86. The van der Waals surface area contributed by atoms with Gasteiger partial charge in [-0.15, -0.1) is 0 Å². The van der Waals surface area contributed by atoms with E-state index in [0.717, 1.165) is 42.4 Å². The van der Waals surface area contributed by atoms with E-state index in [1.807, 2.05) is 49.4 Å². The van der Waals surface area contributed by atoms with Gasteiger partial charge in [0, 0.05) is 41.8 Å². The van der Waals surface area contributed by atoms with Crippen LogP contribution in [0.1, 0.15) is 44.2 Å². The number of ether oxygens (including phenoxy) is 1. The Morgan fingerprint density at radius 3 is 2.27 bits per heavy atom. The summed E-state index contributed by atoms with van der Waals surface area (Å²) in [6.07, 6.45) is 8.62. The third-order valence-corrected chi connectivity index (χ3v) is 6.10. The van der Waals surface area contributed by atoms with Crippen LogP contribution in [0.2, 0.25) is 0 Å². The molecule has 3 aromatic rings. The zero-order valence-electron chi connectivity index (χ0n) is 19.0. The van der Waals surface area contributed by atoms with Crippen LogP contribution < -0.4 is 20.7 Å². The quantitative estimate of drug-likeness (QED) is 0.591. The van der Waals surface area contributed by atoms with Gasteiger partial charge in [0.25, 0.3) is 0 Å². The van der Waals surface area contributed by atoms with Crippen molar-refractivity contribution in [2.45, 2.75) is 50.7 Å². The topological polar surface area (TPSA) is 106 Å². The van der Waals surface area contributed by atoms with E-state index in [1.54, 1.807) is 23.5 Å². The lowest BCUT2D eigenvalue weighted by atomic mass is 9.91. The SMILES string of the molecule is COc1ncc(-c2ccc(N(C(=O)N[C@H](C)c3ccccc3)[C@H]3CC[C@H](N)CC3)nc2)cn1. The summed E-state index contributed by atoms with van der Waals surface area (Å²) in [6, 6.07) is 14.0. The number of carbonyl (C=O) groups is 1. The summed E-state index contributed by atoms with van der Waals surface area (Å²) < 4.78 is 5.02. The third kappa shape index (κ3) is 5.46. The molecule has 1 saturated carbocycles. The van der Waals surface area contributed by atoms with E-state index < -0.39 is 0 Å². The molecule has 1 fully saturated rings. The van der Waals surface area contributed by atoms with Crippen LogP contribution in [0, 0.1) is 0 Å². The van der Waals surface area contributed by atoms with Gasteiger partial charge in [0.2, 0.25) is 0 Å². The number of hydrogen-bond acceptors (Lipinski definition) is 6. The first-order chi connectivity index (χ1) is 16.0. The zero-order chi connectivity index (χ0) is 23.2. The second kappa shape index (κ2) is 10.4. The Morgan fingerprint density at radius 2 is 1.67 bits per heavy atom. The maximum absolute atomic E-state index is 13.4. The van der Waals surface area contributed by atoms with Crippen LogP contribution in [0.4, 0.5) is 10.6 Å². The summed E-state index contributed by atoms with van der Waals surface area (Å²) >= 11 is 0. The number of nitrogens with one attached hydrogen (secondary N) is 1. The molecule has 3 N–H and O–H groups in total. The van der Waals surface area contributed by atoms with Crippen molar-refractivity contribution in [1.29, 1.82) is 0 Å².